The van der Waals surface area contributed by atoms with Crippen LogP contribution in [0.4, 0.5) is 4.79 Å². The Balaban J connectivity index is 2.49. The smallest absolute Gasteiger partial charge is 0.412 e. The molecule has 0 unspecified atom stereocenters. The highest BCUT2D eigenvalue weighted by molar-refractivity contribution is 5.71. The summed E-state index contributed by atoms with van der Waals surface area (Å²) in [7, 11) is 3.34. The molecule has 0 bridgehead atoms. The number of amides is 1. The number of ether oxygens (including phenoxy) is 2. The van der Waals surface area contributed by atoms with Crippen molar-refractivity contribution in [1.82, 2.24) is 10.6 Å². The molecule has 0 heterocycles. The zero-order valence-corrected chi connectivity index (χ0v) is 9.45. The van der Waals surface area contributed by atoms with E-state index in [1.807, 2.05) is 13.1 Å². The van der Waals surface area contributed by atoms with Gasteiger partial charge in [-0.1, -0.05) is 12.1 Å². The average Bonchev–Trinajstić information content (AvgIpc) is 2.30. The highest BCUT2D eigenvalue weighted by atomic mass is 16.6. The van der Waals surface area contributed by atoms with Crippen LogP contribution in [0.2, 0.25) is 0 Å². The van der Waals surface area contributed by atoms with E-state index in [4.69, 9.17) is 9.47 Å². The number of likely N-dealkylation sites (N-methyl/N-ethyl adjacent to an activating group) is 1. The number of nitrogens with one attached hydrogen (secondary N) is 2. The maximum absolute atomic E-state index is 11.3. The minimum atomic E-state index is -0.486. The van der Waals surface area contributed by atoms with Crippen LogP contribution in [0.25, 0.3) is 0 Å². The minimum absolute atomic E-state index is 0.409. The van der Waals surface area contributed by atoms with E-state index in [-0.39, 0.29) is 0 Å². The molecule has 0 aliphatic rings. The molecule has 0 saturated carbocycles. The summed E-state index contributed by atoms with van der Waals surface area (Å²) in [6.45, 7) is 1.21. The molecule has 88 valence electrons. The highest BCUT2D eigenvalue weighted by Gasteiger charge is 2.07. The molecule has 0 saturated heterocycles. The maximum Gasteiger partial charge on any atom is 0.412 e. The van der Waals surface area contributed by atoms with Gasteiger partial charge >= 0.3 is 6.09 Å². The molecule has 1 amide bonds. The summed E-state index contributed by atoms with van der Waals surface area (Å²) >= 11 is 0. The molecule has 0 aliphatic carbocycles. The van der Waals surface area contributed by atoms with E-state index in [0.717, 1.165) is 0 Å². The van der Waals surface area contributed by atoms with Crippen molar-refractivity contribution < 1.29 is 14.3 Å². The molecule has 0 atom stereocenters. The lowest BCUT2D eigenvalue weighted by atomic mass is 10.3. The SMILES string of the molecule is CNCCNC(=O)Oc1ccccc1OC. The van der Waals surface area contributed by atoms with E-state index in [1.165, 1.54) is 7.11 Å². The summed E-state index contributed by atoms with van der Waals surface area (Å²) in [6.07, 6.45) is -0.486. The third-order valence-corrected chi connectivity index (χ3v) is 1.92. The van der Waals surface area contributed by atoms with E-state index < -0.39 is 6.09 Å². The predicted octanol–water partition coefficient (Wildman–Crippen LogP) is 1.00. The van der Waals surface area contributed by atoms with E-state index in [1.54, 1.807) is 18.2 Å². The van der Waals surface area contributed by atoms with Crippen LogP contribution in [0, 0.1) is 0 Å². The molecule has 0 radical (unpaired) electrons. The highest BCUT2D eigenvalue weighted by Crippen LogP contribution is 2.25. The average molecular weight is 224 g/mol. The van der Waals surface area contributed by atoms with Crippen LogP contribution in [-0.2, 0) is 0 Å². The summed E-state index contributed by atoms with van der Waals surface area (Å²) < 4.78 is 10.1. The number of para-hydroxylation sites is 2. The number of carbonyl (C=O) groups is 1. The van der Waals surface area contributed by atoms with Crippen molar-refractivity contribution in [2.24, 2.45) is 0 Å². The van der Waals surface area contributed by atoms with Gasteiger partial charge in [0.2, 0.25) is 0 Å². The van der Waals surface area contributed by atoms with Crippen LogP contribution in [0.15, 0.2) is 24.3 Å². The zero-order valence-electron chi connectivity index (χ0n) is 9.45. The number of hydrogen-bond acceptors (Lipinski definition) is 4. The van der Waals surface area contributed by atoms with E-state index in [9.17, 15) is 4.79 Å². The molecule has 0 fully saturated rings. The van der Waals surface area contributed by atoms with Crippen molar-refractivity contribution in [3.8, 4) is 11.5 Å². The number of benzene rings is 1. The molecule has 1 aromatic rings. The molecule has 0 spiro atoms. The monoisotopic (exact) mass is 224 g/mol. The van der Waals surface area contributed by atoms with E-state index in [2.05, 4.69) is 10.6 Å². The van der Waals surface area contributed by atoms with Gasteiger partial charge in [0.1, 0.15) is 0 Å². The van der Waals surface area contributed by atoms with Gasteiger partial charge in [-0.05, 0) is 19.2 Å². The second kappa shape index (κ2) is 6.68. The van der Waals surface area contributed by atoms with Crippen LogP contribution in [0.5, 0.6) is 11.5 Å². The maximum atomic E-state index is 11.3. The molecule has 2 N–H and O–H groups in total. The second-order valence-electron chi connectivity index (χ2n) is 3.07. The third kappa shape index (κ3) is 3.78. The summed E-state index contributed by atoms with van der Waals surface area (Å²) in [4.78, 5) is 11.3. The summed E-state index contributed by atoms with van der Waals surface area (Å²) in [5.41, 5.74) is 0. The van der Waals surface area contributed by atoms with Gasteiger partial charge in [0.15, 0.2) is 11.5 Å². The first-order valence-electron chi connectivity index (χ1n) is 5.01. The number of hydrogen-bond donors (Lipinski definition) is 2. The topological polar surface area (TPSA) is 59.6 Å². The number of methoxy groups -OCH3 is 1. The minimum Gasteiger partial charge on any atom is -0.493 e. The molecular formula is C11H16N2O3. The molecular weight excluding hydrogens is 208 g/mol. The summed E-state index contributed by atoms with van der Waals surface area (Å²) in [6, 6.07) is 7.00. The normalized spacial score (nSPS) is 9.62. The van der Waals surface area contributed by atoms with Gasteiger partial charge in [0, 0.05) is 13.1 Å². The van der Waals surface area contributed by atoms with Gasteiger partial charge < -0.3 is 20.1 Å². The fourth-order valence-corrected chi connectivity index (χ4v) is 1.13. The number of rotatable bonds is 5. The molecule has 5 heteroatoms. The standard InChI is InChI=1S/C11H16N2O3/c1-12-7-8-13-11(14)16-10-6-4-3-5-9(10)15-2/h3-6,12H,7-8H2,1-2H3,(H,13,14). The molecule has 1 aromatic carbocycles. The Morgan fingerprint density at radius 2 is 1.94 bits per heavy atom. The van der Waals surface area contributed by atoms with Crippen LogP contribution >= 0.6 is 0 Å². The molecule has 0 aromatic heterocycles. The van der Waals surface area contributed by atoms with Gasteiger partial charge in [0.05, 0.1) is 7.11 Å². The molecule has 0 aliphatic heterocycles. The van der Waals surface area contributed by atoms with Crippen LogP contribution in [0.3, 0.4) is 0 Å². The molecule has 5 nitrogen and oxygen atoms in total. The van der Waals surface area contributed by atoms with Crippen molar-refractivity contribution in [3.05, 3.63) is 24.3 Å². The fraction of sp³-hybridized carbons (Fsp3) is 0.364. The Kier molecular flexibility index (Phi) is 5.15. The number of carbonyl (C=O) groups excluding carboxylic acids is 1. The van der Waals surface area contributed by atoms with Crippen molar-refractivity contribution in [3.63, 3.8) is 0 Å². The first-order valence-corrected chi connectivity index (χ1v) is 5.01. The summed E-state index contributed by atoms with van der Waals surface area (Å²) in [5, 5.41) is 5.52. The van der Waals surface area contributed by atoms with Gasteiger partial charge in [-0.2, -0.15) is 0 Å². The predicted molar refractivity (Wildman–Crippen MR) is 60.9 cm³/mol. The van der Waals surface area contributed by atoms with Gasteiger partial charge in [0.25, 0.3) is 0 Å². The zero-order chi connectivity index (χ0) is 11.8. The van der Waals surface area contributed by atoms with E-state index >= 15 is 0 Å². The Morgan fingerprint density at radius 3 is 2.56 bits per heavy atom. The summed E-state index contributed by atoms with van der Waals surface area (Å²) in [5.74, 6) is 0.943. The largest absolute Gasteiger partial charge is 0.493 e. The Bertz CT molecular complexity index is 342. The Hall–Kier alpha value is -1.75. The van der Waals surface area contributed by atoms with Crippen molar-refractivity contribution in [2.45, 2.75) is 0 Å². The first-order chi connectivity index (χ1) is 7.77. The molecule has 16 heavy (non-hydrogen) atoms. The lowest BCUT2D eigenvalue weighted by Gasteiger charge is -2.09. The van der Waals surface area contributed by atoms with Crippen molar-refractivity contribution >= 4 is 6.09 Å². The second-order valence-corrected chi connectivity index (χ2v) is 3.07. The first kappa shape index (κ1) is 12.3. The van der Waals surface area contributed by atoms with Crippen LogP contribution in [0.1, 0.15) is 0 Å². The van der Waals surface area contributed by atoms with Crippen LogP contribution in [-0.4, -0.2) is 33.3 Å². The Morgan fingerprint density at radius 1 is 1.25 bits per heavy atom. The third-order valence-electron chi connectivity index (χ3n) is 1.92. The van der Waals surface area contributed by atoms with Gasteiger partial charge in [-0.15, -0.1) is 0 Å². The van der Waals surface area contributed by atoms with Crippen LogP contribution < -0.4 is 20.1 Å². The fourth-order valence-electron chi connectivity index (χ4n) is 1.13. The quantitative estimate of drug-likeness (QED) is 0.733. The van der Waals surface area contributed by atoms with Gasteiger partial charge in [-0.3, -0.25) is 0 Å². The lowest BCUT2D eigenvalue weighted by Crippen LogP contribution is -2.32. The lowest BCUT2D eigenvalue weighted by molar-refractivity contribution is 0.198. The van der Waals surface area contributed by atoms with Gasteiger partial charge in [-0.25, -0.2) is 4.79 Å². The molecule has 1 rings (SSSR count). The van der Waals surface area contributed by atoms with Crippen molar-refractivity contribution in [1.29, 1.82) is 0 Å². The van der Waals surface area contributed by atoms with E-state index in [0.29, 0.717) is 24.6 Å². The van der Waals surface area contributed by atoms with Crippen molar-refractivity contribution in [2.75, 3.05) is 27.2 Å². The Labute approximate surface area is 94.7 Å².